The van der Waals surface area contributed by atoms with E-state index in [-0.39, 0.29) is 6.04 Å². The quantitative estimate of drug-likeness (QED) is 0.757. The number of nitrogens with one attached hydrogen (secondary N) is 1. The van der Waals surface area contributed by atoms with Crippen LogP contribution in [0.3, 0.4) is 0 Å². The fraction of sp³-hybridized carbons (Fsp3) is 0.429. The van der Waals surface area contributed by atoms with Gasteiger partial charge in [-0.15, -0.1) is 0 Å². The maximum atomic E-state index is 10.2. The predicted molar refractivity (Wildman–Crippen MR) is 68.6 cm³/mol. The molecule has 0 bridgehead atoms. The first kappa shape index (κ1) is 10.8. The van der Waals surface area contributed by atoms with Crippen LogP contribution in [0.1, 0.15) is 30.9 Å². The normalized spacial score (nSPS) is 20.1. The van der Waals surface area contributed by atoms with Gasteiger partial charge in [0.05, 0.1) is 12.1 Å². The van der Waals surface area contributed by atoms with E-state index >= 15 is 0 Å². The molecule has 0 amide bonds. The third-order valence-corrected chi connectivity index (χ3v) is 3.96. The van der Waals surface area contributed by atoms with Crippen molar-refractivity contribution in [3.05, 3.63) is 36.0 Å². The number of hydrogen-bond acceptors (Lipinski definition) is 2. The van der Waals surface area contributed by atoms with E-state index in [1.54, 1.807) is 0 Å². The predicted octanol–water partition coefficient (Wildman–Crippen LogP) is 2.33. The van der Waals surface area contributed by atoms with Crippen LogP contribution in [0.2, 0.25) is 0 Å². The highest BCUT2D eigenvalue weighted by Gasteiger charge is 2.30. The molecule has 1 heterocycles. The minimum atomic E-state index is -0.403. The molecule has 2 aromatic rings. The van der Waals surface area contributed by atoms with Gasteiger partial charge >= 0.3 is 0 Å². The molecular weight excluding hydrogens is 212 g/mol. The fourth-order valence-electron chi connectivity index (χ4n) is 2.55. The van der Waals surface area contributed by atoms with Gasteiger partial charge in [0.25, 0.3) is 0 Å². The van der Waals surface area contributed by atoms with Crippen molar-refractivity contribution in [2.75, 3.05) is 0 Å². The summed E-state index contributed by atoms with van der Waals surface area (Å²) in [6.07, 6.45) is 4.97. The lowest BCUT2D eigenvalue weighted by Gasteiger charge is -2.33. The lowest BCUT2D eigenvalue weighted by molar-refractivity contribution is 0.0414. The molecule has 1 saturated carbocycles. The van der Waals surface area contributed by atoms with Crippen LogP contribution in [0.4, 0.5) is 0 Å². The van der Waals surface area contributed by atoms with Crippen molar-refractivity contribution in [1.82, 2.24) is 4.98 Å². The van der Waals surface area contributed by atoms with Crippen LogP contribution >= 0.6 is 0 Å². The van der Waals surface area contributed by atoms with E-state index in [1.165, 1.54) is 6.42 Å². The van der Waals surface area contributed by atoms with Gasteiger partial charge in [0.1, 0.15) is 0 Å². The van der Waals surface area contributed by atoms with Gasteiger partial charge in [-0.25, -0.2) is 0 Å². The van der Waals surface area contributed by atoms with Crippen molar-refractivity contribution in [3.63, 3.8) is 0 Å². The monoisotopic (exact) mass is 230 g/mol. The van der Waals surface area contributed by atoms with Gasteiger partial charge in [0.15, 0.2) is 0 Å². The van der Waals surface area contributed by atoms with Crippen LogP contribution in [-0.4, -0.2) is 16.2 Å². The number of aliphatic hydroxyl groups is 1. The van der Waals surface area contributed by atoms with E-state index in [1.807, 2.05) is 24.4 Å². The molecule has 1 aromatic heterocycles. The number of fused-ring (bicyclic) bond motifs is 1. The van der Waals surface area contributed by atoms with E-state index in [0.717, 1.165) is 29.3 Å². The molecule has 3 heteroatoms. The highest BCUT2D eigenvalue weighted by atomic mass is 16.3. The van der Waals surface area contributed by atoms with Crippen LogP contribution < -0.4 is 5.73 Å². The molecule has 1 aromatic carbocycles. The van der Waals surface area contributed by atoms with Crippen LogP contribution in [0.25, 0.3) is 10.9 Å². The summed E-state index contributed by atoms with van der Waals surface area (Å²) in [5.74, 6) is 0.395. The van der Waals surface area contributed by atoms with E-state index < -0.39 is 6.10 Å². The highest BCUT2D eigenvalue weighted by Crippen LogP contribution is 2.34. The Labute approximate surface area is 101 Å². The van der Waals surface area contributed by atoms with Crippen LogP contribution in [0.15, 0.2) is 30.5 Å². The maximum Gasteiger partial charge on any atom is 0.0760 e. The zero-order valence-electron chi connectivity index (χ0n) is 9.76. The number of aromatic amines is 1. The first-order valence-electron chi connectivity index (χ1n) is 6.26. The summed E-state index contributed by atoms with van der Waals surface area (Å²) in [5.41, 5.74) is 8.28. The van der Waals surface area contributed by atoms with E-state index in [4.69, 9.17) is 5.73 Å². The number of benzene rings is 1. The second-order valence-corrected chi connectivity index (χ2v) is 5.03. The lowest BCUT2D eigenvalue weighted by atomic mass is 9.77. The summed E-state index contributed by atoms with van der Waals surface area (Å²) in [4.78, 5) is 3.16. The maximum absolute atomic E-state index is 10.2. The largest absolute Gasteiger partial charge is 0.391 e. The molecule has 1 aliphatic rings. The standard InChI is InChI=1S/C14H18N2O/c15-13(14(17)9-2-1-3-9)11-4-5-12-10(8-11)6-7-16-12/h4-9,13-14,16-17H,1-3,15H2/t13-,14+/m1/s1. The molecule has 0 radical (unpaired) electrons. The average molecular weight is 230 g/mol. The van der Waals surface area contributed by atoms with Crippen molar-refractivity contribution in [2.24, 2.45) is 11.7 Å². The molecule has 4 N–H and O–H groups in total. The van der Waals surface area contributed by atoms with Crippen molar-refractivity contribution < 1.29 is 5.11 Å². The summed E-state index contributed by atoms with van der Waals surface area (Å²) in [6, 6.07) is 7.86. The van der Waals surface area contributed by atoms with Gasteiger partial charge in [-0.1, -0.05) is 12.5 Å². The molecule has 1 fully saturated rings. The summed E-state index contributed by atoms with van der Waals surface area (Å²) < 4.78 is 0. The number of hydrogen-bond donors (Lipinski definition) is 3. The molecular formula is C14H18N2O. The Morgan fingerprint density at radius 1 is 1.29 bits per heavy atom. The van der Waals surface area contributed by atoms with E-state index in [0.29, 0.717) is 5.92 Å². The van der Waals surface area contributed by atoms with Gasteiger partial charge in [-0.05, 0) is 47.9 Å². The van der Waals surface area contributed by atoms with Gasteiger partial charge in [-0.2, -0.15) is 0 Å². The molecule has 90 valence electrons. The second kappa shape index (κ2) is 4.17. The molecule has 0 spiro atoms. The molecule has 2 atom stereocenters. The number of nitrogens with two attached hydrogens (primary N) is 1. The minimum absolute atomic E-state index is 0.264. The molecule has 0 saturated heterocycles. The van der Waals surface area contributed by atoms with Crippen molar-refractivity contribution in [1.29, 1.82) is 0 Å². The van der Waals surface area contributed by atoms with E-state index in [2.05, 4.69) is 11.1 Å². The number of H-pyrrole nitrogens is 1. The van der Waals surface area contributed by atoms with Crippen molar-refractivity contribution in [3.8, 4) is 0 Å². The Hall–Kier alpha value is -1.32. The van der Waals surface area contributed by atoms with Gasteiger partial charge in [0.2, 0.25) is 0 Å². The fourth-order valence-corrected chi connectivity index (χ4v) is 2.55. The zero-order valence-corrected chi connectivity index (χ0v) is 9.76. The van der Waals surface area contributed by atoms with Gasteiger partial charge in [-0.3, -0.25) is 0 Å². The molecule has 0 unspecified atom stereocenters. The Bertz CT molecular complexity index is 516. The molecule has 17 heavy (non-hydrogen) atoms. The summed E-state index contributed by atoms with van der Waals surface area (Å²) >= 11 is 0. The zero-order chi connectivity index (χ0) is 11.8. The molecule has 1 aliphatic carbocycles. The highest BCUT2D eigenvalue weighted by molar-refractivity contribution is 5.80. The van der Waals surface area contributed by atoms with E-state index in [9.17, 15) is 5.11 Å². The average Bonchev–Trinajstić information content (AvgIpc) is 2.72. The third kappa shape index (κ3) is 1.85. The van der Waals surface area contributed by atoms with Crippen LogP contribution in [-0.2, 0) is 0 Å². The lowest BCUT2D eigenvalue weighted by Crippen LogP contribution is -2.36. The first-order chi connectivity index (χ1) is 8.25. The summed E-state index contributed by atoms with van der Waals surface area (Å²) in [5, 5.41) is 11.3. The Balaban J connectivity index is 1.86. The molecule has 3 nitrogen and oxygen atoms in total. The number of aromatic nitrogens is 1. The van der Waals surface area contributed by atoms with Gasteiger partial charge in [0, 0.05) is 11.7 Å². The van der Waals surface area contributed by atoms with Crippen LogP contribution in [0, 0.1) is 5.92 Å². The number of rotatable bonds is 3. The van der Waals surface area contributed by atoms with Gasteiger partial charge < -0.3 is 15.8 Å². The SMILES string of the molecule is N[C@H](c1ccc2[nH]ccc2c1)[C@@H](O)C1CCC1. The smallest absolute Gasteiger partial charge is 0.0760 e. The van der Waals surface area contributed by atoms with Crippen molar-refractivity contribution >= 4 is 10.9 Å². The van der Waals surface area contributed by atoms with Crippen LogP contribution in [0.5, 0.6) is 0 Å². The summed E-state index contributed by atoms with van der Waals surface area (Å²) in [6.45, 7) is 0. The first-order valence-corrected chi connectivity index (χ1v) is 6.26. The van der Waals surface area contributed by atoms with Crippen molar-refractivity contribution in [2.45, 2.75) is 31.4 Å². The number of aliphatic hydroxyl groups excluding tert-OH is 1. The summed E-state index contributed by atoms with van der Waals surface area (Å²) in [7, 11) is 0. The Kier molecular flexibility index (Phi) is 2.65. The third-order valence-electron chi connectivity index (χ3n) is 3.96. The Morgan fingerprint density at radius 3 is 2.82 bits per heavy atom. The Morgan fingerprint density at radius 2 is 2.12 bits per heavy atom. The second-order valence-electron chi connectivity index (χ2n) is 5.03. The topological polar surface area (TPSA) is 62.0 Å². The molecule has 3 rings (SSSR count). The minimum Gasteiger partial charge on any atom is -0.391 e. The molecule has 0 aliphatic heterocycles.